The highest BCUT2D eigenvalue weighted by Crippen LogP contribution is 2.28. The zero-order chi connectivity index (χ0) is 18.2. The Kier molecular flexibility index (Phi) is 4.00. The summed E-state index contributed by atoms with van der Waals surface area (Å²) in [6.07, 6.45) is 4.64. The number of nitrogens with zero attached hydrogens (tertiary/aromatic N) is 4. The monoisotopic (exact) mass is 358 g/mol. The average Bonchev–Trinajstić information content (AvgIpc) is 2.88. The molecule has 5 heteroatoms. The van der Waals surface area contributed by atoms with E-state index in [1.165, 1.54) is 12.8 Å². The van der Waals surface area contributed by atoms with Crippen molar-refractivity contribution in [3.05, 3.63) is 48.5 Å². The van der Waals surface area contributed by atoms with Gasteiger partial charge < -0.3 is 9.47 Å². The molecular weight excluding hydrogens is 336 g/mol. The summed E-state index contributed by atoms with van der Waals surface area (Å²) >= 11 is 0. The highest BCUT2D eigenvalue weighted by atomic mass is 16.2. The molecule has 5 rings (SSSR count). The van der Waals surface area contributed by atoms with Crippen LogP contribution in [-0.2, 0) is 11.3 Å². The first kappa shape index (κ1) is 16.2. The second kappa shape index (κ2) is 6.65. The van der Waals surface area contributed by atoms with Gasteiger partial charge >= 0.3 is 0 Å². The summed E-state index contributed by atoms with van der Waals surface area (Å²) < 4.78 is 2.04. The normalized spacial score (nSPS) is 15.5. The van der Waals surface area contributed by atoms with Crippen molar-refractivity contribution in [3.63, 3.8) is 0 Å². The maximum atomic E-state index is 13.0. The minimum atomic E-state index is 0.175. The van der Waals surface area contributed by atoms with Crippen LogP contribution in [0.4, 0.5) is 0 Å². The molecule has 0 N–H and O–H groups in total. The van der Waals surface area contributed by atoms with Crippen LogP contribution in [0.5, 0.6) is 0 Å². The lowest BCUT2D eigenvalue weighted by molar-refractivity contribution is -0.131. The molecule has 1 fully saturated rings. The number of amides is 1. The molecule has 2 aromatic heterocycles. The molecule has 0 bridgehead atoms. The Morgan fingerprint density at radius 3 is 2.30 bits per heavy atom. The zero-order valence-corrected chi connectivity index (χ0v) is 15.3. The van der Waals surface area contributed by atoms with Gasteiger partial charge in [0.2, 0.25) is 5.91 Å². The maximum Gasteiger partial charge on any atom is 0.242 e. The van der Waals surface area contributed by atoms with E-state index in [2.05, 4.69) is 12.1 Å². The summed E-state index contributed by atoms with van der Waals surface area (Å²) in [5.41, 5.74) is 4.42. The second-order valence-electron chi connectivity index (χ2n) is 7.28. The van der Waals surface area contributed by atoms with Crippen LogP contribution in [0.25, 0.3) is 33.1 Å². The third-order valence-electron chi connectivity index (χ3n) is 5.51. The van der Waals surface area contributed by atoms with Crippen molar-refractivity contribution in [2.45, 2.75) is 32.2 Å². The van der Waals surface area contributed by atoms with Gasteiger partial charge in [-0.05, 0) is 31.0 Å². The number of rotatable bonds is 2. The van der Waals surface area contributed by atoms with Crippen LogP contribution in [0.15, 0.2) is 48.5 Å². The Bertz CT molecular complexity index is 1140. The molecule has 0 aliphatic carbocycles. The molecule has 1 saturated heterocycles. The minimum Gasteiger partial charge on any atom is -0.341 e. The van der Waals surface area contributed by atoms with Gasteiger partial charge in [0, 0.05) is 18.5 Å². The van der Waals surface area contributed by atoms with Gasteiger partial charge in [-0.3, -0.25) is 4.79 Å². The first-order valence-corrected chi connectivity index (χ1v) is 9.73. The molecule has 1 amide bonds. The summed E-state index contributed by atoms with van der Waals surface area (Å²) in [6.45, 7) is 2.05. The number of carbonyl (C=O) groups excluding carboxylic acids is 1. The van der Waals surface area contributed by atoms with Gasteiger partial charge in [-0.1, -0.05) is 43.2 Å². The molecule has 2 aromatic carbocycles. The Balaban J connectivity index is 1.65. The number of carbonyl (C=O) groups is 1. The third kappa shape index (κ3) is 2.83. The summed E-state index contributed by atoms with van der Waals surface area (Å²) in [7, 11) is 0. The first-order valence-electron chi connectivity index (χ1n) is 9.73. The molecule has 0 unspecified atom stereocenters. The highest BCUT2D eigenvalue weighted by molar-refractivity contribution is 6.07. The molecule has 0 saturated carbocycles. The molecule has 4 aromatic rings. The number of benzene rings is 2. The van der Waals surface area contributed by atoms with Crippen molar-refractivity contribution in [2.24, 2.45) is 0 Å². The zero-order valence-electron chi connectivity index (χ0n) is 15.3. The molecule has 1 aliphatic rings. The van der Waals surface area contributed by atoms with E-state index in [4.69, 9.17) is 9.97 Å². The highest BCUT2D eigenvalue weighted by Gasteiger charge is 2.20. The maximum absolute atomic E-state index is 13.0. The van der Waals surface area contributed by atoms with E-state index < -0.39 is 0 Å². The molecule has 3 heterocycles. The summed E-state index contributed by atoms with van der Waals surface area (Å²) in [5, 5.41) is 1.05. The van der Waals surface area contributed by atoms with Gasteiger partial charge in [0.05, 0.1) is 16.6 Å². The van der Waals surface area contributed by atoms with E-state index in [1.54, 1.807) is 0 Å². The number of likely N-dealkylation sites (tertiary alicyclic amines) is 1. The fourth-order valence-electron chi connectivity index (χ4n) is 4.10. The van der Waals surface area contributed by atoms with Gasteiger partial charge in [0.25, 0.3) is 0 Å². The van der Waals surface area contributed by atoms with Crippen LogP contribution < -0.4 is 0 Å². The predicted octanol–water partition coefficient (Wildman–Crippen LogP) is 4.14. The van der Waals surface area contributed by atoms with E-state index in [1.807, 2.05) is 45.9 Å². The quantitative estimate of drug-likeness (QED) is 0.541. The van der Waals surface area contributed by atoms with Crippen molar-refractivity contribution in [1.82, 2.24) is 19.4 Å². The molecular formula is C22H22N4O. The largest absolute Gasteiger partial charge is 0.341 e. The molecule has 0 spiro atoms. The summed E-state index contributed by atoms with van der Waals surface area (Å²) in [4.78, 5) is 24.8. The fraction of sp³-hybridized carbons (Fsp3) is 0.318. The number of para-hydroxylation sites is 3. The van der Waals surface area contributed by atoms with E-state index >= 15 is 0 Å². The Hall–Kier alpha value is -2.95. The van der Waals surface area contributed by atoms with Crippen LogP contribution in [0, 0.1) is 0 Å². The van der Waals surface area contributed by atoms with E-state index in [-0.39, 0.29) is 5.91 Å². The smallest absolute Gasteiger partial charge is 0.242 e. The van der Waals surface area contributed by atoms with Gasteiger partial charge in [-0.15, -0.1) is 0 Å². The van der Waals surface area contributed by atoms with E-state index in [0.717, 1.165) is 59.0 Å². The molecule has 0 radical (unpaired) electrons. The number of hydrogen-bond acceptors (Lipinski definition) is 3. The standard InChI is InChI=1S/C22H22N4O/c27-20(25-13-7-1-2-8-14-25)15-26-19-12-6-3-9-16(19)21-22(26)24-18-11-5-4-10-17(18)23-21/h3-6,9-12H,1-2,7-8,13-15H2. The lowest BCUT2D eigenvalue weighted by Crippen LogP contribution is -2.34. The fourth-order valence-corrected chi connectivity index (χ4v) is 4.10. The SMILES string of the molecule is O=C(Cn1c2ccccc2c2nc3ccccc3nc21)N1CCCCCC1. The van der Waals surface area contributed by atoms with Crippen molar-refractivity contribution < 1.29 is 4.79 Å². The lowest BCUT2D eigenvalue weighted by atomic mass is 10.2. The number of aromatic nitrogens is 3. The molecule has 5 nitrogen and oxygen atoms in total. The van der Waals surface area contributed by atoms with Crippen LogP contribution >= 0.6 is 0 Å². The van der Waals surface area contributed by atoms with Crippen LogP contribution in [-0.4, -0.2) is 38.4 Å². The predicted molar refractivity (Wildman–Crippen MR) is 108 cm³/mol. The van der Waals surface area contributed by atoms with E-state index in [9.17, 15) is 4.79 Å². The molecule has 1 aliphatic heterocycles. The molecule has 136 valence electrons. The molecule has 0 atom stereocenters. The van der Waals surface area contributed by atoms with Crippen molar-refractivity contribution in [1.29, 1.82) is 0 Å². The van der Waals surface area contributed by atoms with E-state index in [0.29, 0.717) is 6.54 Å². The number of hydrogen-bond donors (Lipinski definition) is 0. The number of fused-ring (bicyclic) bond motifs is 4. The Morgan fingerprint density at radius 1 is 0.852 bits per heavy atom. The average molecular weight is 358 g/mol. The van der Waals surface area contributed by atoms with Crippen molar-refractivity contribution >= 4 is 39.0 Å². The van der Waals surface area contributed by atoms with Crippen LogP contribution in [0.2, 0.25) is 0 Å². The topological polar surface area (TPSA) is 51.0 Å². The van der Waals surface area contributed by atoms with Gasteiger partial charge in [-0.25, -0.2) is 9.97 Å². The molecule has 27 heavy (non-hydrogen) atoms. The minimum absolute atomic E-state index is 0.175. The first-order chi connectivity index (χ1) is 13.3. The van der Waals surface area contributed by atoms with Crippen molar-refractivity contribution in [3.8, 4) is 0 Å². The van der Waals surface area contributed by atoms with Gasteiger partial charge in [0.15, 0.2) is 5.65 Å². The van der Waals surface area contributed by atoms with Crippen LogP contribution in [0.1, 0.15) is 25.7 Å². The van der Waals surface area contributed by atoms with Crippen molar-refractivity contribution in [2.75, 3.05) is 13.1 Å². The second-order valence-corrected chi connectivity index (χ2v) is 7.28. The van der Waals surface area contributed by atoms with Gasteiger partial charge in [0.1, 0.15) is 12.1 Å². The Morgan fingerprint density at radius 2 is 1.52 bits per heavy atom. The summed E-state index contributed by atoms with van der Waals surface area (Å²) in [5.74, 6) is 0.175. The third-order valence-corrected chi connectivity index (χ3v) is 5.51. The van der Waals surface area contributed by atoms with Crippen LogP contribution in [0.3, 0.4) is 0 Å². The Labute approximate surface area is 157 Å². The lowest BCUT2D eigenvalue weighted by Gasteiger charge is -2.21. The summed E-state index contributed by atoms with van der Waals surface area (Å²) in [6, 6.07) is 16.0. The van der Waals surface area contributed by atoms with Gasteiger partial charge in [-0.2, -0.15) is 0 Å².